The number of amides is 1. The molecule has 0 aromatic heterocycles. The lowest BCUT2D eigenvalue weighted by molar-refractivity contribution is -0.570. The van der Waals surface area contributed by atoms with Gasteiger partial charge >= 0.3 is 18.1 Å². The van der Waals surface area contributed by atoms with Crippen molar-refractivity contribution in [2.24, 2.45) is 9.98 Å². The van der Waals surface area contributed by atoms with Crippen LogP contribution in [-0.2, 0) is 43.0 Å². The first kappa shape index (κ1) is 46.5. The molecule has 16 nitrogen and oxygen atoms in total. The van der Waals surface area contributed by atoms with Crippen molar-refractivity contribution in [2.75, 3.05) is 52.8 Å². The van der Waals surface area contributed by atoms with Crippen molar-refractivity contribution >= 4 is 30.6 Å². The third kappa shape index (κ3) is 24.7. The molecule has 52 heavy (non-hydrogen) atoms. The number of nitrogens with one attached hydrogen (secondary N) is 2. The number of hydrogen-bond donors (Lipinski definition) is 2. The Bertz CT molecular complexity index is 1130. The van der Waals surface area contributed by atoms with E-state index in [1.165, 1.54) is 11.6 Å². The van der Waals surface area contributed by atoms with Crippen LogP contribution >= 0.6 is 0 Å². The first-order valence-corrected chi connectivity index (χ1v) is 18.7. The first-order valence-electron chi connectivity index (χ1n) is 18.7. The number of hydrogen-bond acceptors (Lipinski definition) is 14. The number of aliphatic imine (C=N–C) groups is 2. The van der Waals surface area contributed by atoms with Crippen molar-refractivity contribution in [3.8, 4) is 0 Å². The summed E-state index contributed by atoms with van der Waals surface area (Å²) in [5.74, 6) is -0.436. The number of alkyl carbamates (subject to hydrolysis) is 1. The normalized spacial score (nSPS) is 16.3. The molecule has 1 aliphatic heterocycles. The lowest BCUT2D eigenvalue weighted by Gasteiger charge is -2.20. The molecule has 1 saturated heterocycles. The molecule has 4 atom stereocenters. The zero-order valence-corrected chi connectivity index (χ0v) is 31.8. The summed E-state index contributed by atoms with van der Waals surface area (Å²) >= 11 is 0. The van der Waals surface area contributed by atoms with Crippen molar-refractivity contribution in [3.63, 3.8) is 0 Å². The van der Waals surface area contributed by atoms with Gasteiger partial charge in [-0.05, 0) is 70.9 Å². The zero-order valence-electron chi connectivity index (χ0n) is 31.8. The number of isocyanates is 2. The topological polar surface area (TPSA) is 179 Å². The van der Waals surface area contributed by atoms with E-state index in [4.69, 9.17) is 28.6 Å². The summed E-state index contributed by atoms with van der Waals surface area (Å²) in [5, 5.41) is 7.34. The van der Waals surface area contributed by atoms with Gasteiger partial charge in [-0.3, -0.25) is 0 Å². The van der Waals surface area contributed by atoms with Gasteiger partial charge in [0.25, 0.3) is 0 Å². The zero-order chi connectivity index (χ0) is 38.2. The van der Waals surface area contributed by atoms with Gasteiger partial charge in [-0.2, -0.15) is 9.79 Å². The Kier molecular flexibility index (Phi) is 27.8. The summed E-state index contributed by atoms with van der Waals surface area (Å²) in [6.45, 7) is 13.9. The number of rotatable bonds is 30. The van der Waals surface area contributed by atoms with Gasteiger partial charge in [-0.15, -0.1) is 4.58 Å². The van der Waals surface area contributed by atoms with Gasteiger partial charge in [0.15, 0.2) is 12.7 Å². The molecule has 0 bridgehead atoms. The highest BCUT2D eigenvalue weighted by molar-refractivity contribution is 5.87. The summed E-state index contributed by atoms with van der Waals surface area (Å²) in [4.78, 5) is 65.4. The first-order chi connectivity index (χ1) is 25.2. The van der Waals surface area contributed by atoms with Gasteiger partial charge in [0, 0.05) is 38.2 Å². The van der Waals surface area contributed by atoms with E-state index in [-0.39, 0.29) is 32.2 Å². The second-order valence-electron chi connectivity index (χ2n) is 12.8. The van der Waals surface area contributed by atoms with Crippen molar-refractivity contribution in [2.45, 2.75) is 136 Å². The Morgan fingerprint density at radius 2 is 1.71 bits per heavy atom. The summed E-state index contributed by atoms with van der Waals surface area (Å²) in [6.07, 6.45) is 14.1. The molecule has 0 saturated carbocycles. The van der Waals surface area contributed by atoms with Gasteiger partial charge in [-0.1, -0.05) is 39.2 Å². The lowest BCUT2D eigenvalue weighted by Crippen LogP contribution is -2.42. The van der Waals surface area contributed by atoms with Crippen LogP contribution in [0.25, 0.3) is 0 Å². The SMILES string of the molecule is C=C(C)C(=O)OC(C)COCCCOCC(C)OC(=O)NCCCCCCN(O/C=N/C(CCCCC)N=C=O)OCNC1CCCCC[N+]1=C=O. The van der Waals surface area contributed by atoms with E-state index in [9.17, 15) is 19.2 Å². The second kappa shape index (κ2) is 31.1. The lowest BCUT2D eigenvalue weighted by atomic mass is 10.2. The van der Waals surface area contributed by atoms with E-state index in [2.05, 4.69) is 34.1 Å². The number of ether oxygens (including phenoxy) is 4. The fraction of sp³-hybridized carbons (Fsp3) is 0.806. The van der Waals surface area contributed by atoms with E-state index in [1.54, 1.807) is 31.4 Å². The molecule has 1 amide bonds. The Labute approximate surface area is 309 Å². The molecular formula is C36H63N6O10+. The van der Waals surface area contributed by atoms with Crippen molar-refractivity contribution in [3.05, 3.63) is 12.2 Å². The van der Waals surface area contributed by atoms with E-state index < -0.39 is 24.3 Å². The van der Waals surface area contributed by atoms with Crippen LogP contribution in [0.4, 0.5) is 4.79 Å². The molecule has 16 heteroatoms. The van der Waals surface area contributed by atoms with Gasteiger partial charge in [0.05, 0.1) is 19.8 Å². The third-order valence-electron chi connectivity index (χ3n) is 7.85. The predicted octanol–water partition coefficient (Wildman–Crippen LogP) is 4.82. The Balaban J connectivity index is 2.32. The molecular weight excluding hydrogens is 676 g/mol. The second-order valence-corrected chi connectivity index (χ2v) is 12.8. The van der Waals surface area contributed by atoms with Gasteiger partial charge in [-0.25, -0.2) is 29.5 Å². The van der Waals surface area contributed by atoms with Gasteiger partial charge < -0.3 is 29.1 Å². The summed E-state index contributed by atoms with van der Waals surface area (Å²) in [6, 6.07) is 0. The van der Waals surface area contributed by atoms with Crippen LogP contribution < -0.4 is 10.6 Å². The molecule has 2 N–H and O–H groups in total. The maximum atomic E-state index is 12.2. The van der Waals surface area contributed by atoms with E-state index in [1.807, 2.05) is 6.08 Å². The molecule has 0 radical (unpaired) electrons. The van der Waals surface area contributed by atoms with E-state index in [0.717, 1.165) is 70.6 Å². The largest absolute Gasteiger partial charge is 0.457 e. The standard InChI is InChI=1S/C36H62N6O10/c1-6-7-11-17-33(38-26-43)39-27-49-42(50-28-40-34-18-12-10-14-20-41(34)29-44)21-15-9-8-13-19-37-36(46)52-32(5)25-48-23-16-22-47-24-31(4)51-35(45)30(2)3/h27,31-34,40H,2,6-25,28H2,1,3-5H3/p+1/b39-27+. The highest BCUT2D eigenvalue weighted by Gasteiger charge is 2.24. The van der Waals surface area contributed by atoms with E-state index in [0.29, 0.717) is 51.3 Å². The maximum absolute atomic E-state index is 12.2. The van der Waals surface area contributed by atoms with Crippen LogP contribution in [0, 0.1) is 0 Å². The molecule has 0 aliphatic carbocycles. The number of nitrogens with zero attached hydrogens (tertiary/aromatic N) is 4. The minimum Gasteiger partial charge on any atom is -0.457 e. The van der Waals surface area contributed by atoms with Crippen LogP contribution in [0.15, 0.2) is 22.1 Å². The Morgan fingerprint density at radius 3 is 2.40 bits per heavy atom. The molecule has 1 rings (SSSR count). The molecule has 1 fully saturated rings. The minimum atomic E-state index is -0.561. The van der Waals surface area contributed by atoms with Crippen molar-refractivity contribution < 1.29 is 52.4 Å². The number of unbranched alkanes of at least 4 members (excludes halogenated alkanes) is 5. The Morgan fingerprint density at radius 1 is 0.981 bits per heavy atom. The van der Waals surface area contributed by atoms with Gasteiger partial charge in [0.1, 0.15) is 18.9 Å². The fourth-order valence-corrected chi connectivity index (χ4v) is 4.99. The average molecular weight is 740 g/mol. The highest BCUT2D eigenvalue weighted by atomic mass is 16.9. The summed E-state index contributed by atoms with van der Waals surface area (Å²) in [7, 11) is 0. The maximum Gasteiger partial charge on any atom is 0.425 e. The third-order valence-corrected chi connectivity index (χ3v) is 7.85. The van der Waals surface area contributed by atoms with Crippen molar-refractivity contribution in [1.29, 1.82) is 0 Å². The van der Waals surface area contributed by atoms with Crippen LogP contribution in [-0.4, -0.2) is 118 Å². The number of carbonyl (C=O) groups excluding carboxylic acids is 4. The van der Waals surface area contributed by atoms with Crippen molar-refractivity contribution in [1.82, 2.24) is 15.9 Å². The minimum absolute atomic E-state index is 0.114. The average Bonchev–Trinajstić information content (AvgIpc) is 3.35. The predicted molar refractivity (Wildman–Crippen MR) is 194 cm³/mol. The van der Waals surface area contributed by atoms with Crippen LogP contribution in [0.3, 0.4) is 0 Å². The quantitative estimate of drug-likeness (QED) is 0.0118. The highest BCUT2D eigenvalue weighted by Crippen LogP contribution is 2.11. The van der Waals surface area contributed by atoms with E-state index >= 15 is 0 Å². The molecule has 1 aliphatic rings. The summed E-state index contributed by atoms with van der Waals surface area (Å²) in [5.41, 5.74) is 0.347. The molecule has 0 aromatic carbocycles. The monoisotopic (exact) mass is 739 g/mol. The van der Waals surface area contributed by atoms with Crippen LogP contribution in [0.5, 0.6) is 0 Å². The summed E-state index contributed by atoms with van der Waals surface area (Å²) < 4.78 is 23.2. The molecule has 296 valence electrons. The number of hydroxylamine groups is 2. The van der Waals surface area contributed by atoms with Gasteiger partial charge in [0.2, 0.25) is 18.6 Å². The number of carbonyl (C=O) groups is 2. The molecule has 0 aromatic rings. The molecule has 1 heterocycles. The Hall–Kier alpha value is -3.49. The molecule has 4 unspecified atom stereocenters. The number of esters is 1. The fourth-order valence-electron chi connectivity index (χ4n) is 4.99. The smallest absolute Gasteiger partial charge is 0.425 e. The van der Waals surface area contributed by atoms with Crippen LogP contribution in [0.1, 0.15) is 111 Å². The van der Waals surface area contributed by atoms with Crippen LogP contribution in [0.2, 0.25) is 0 Å². The molecule has 0 spiro atoms.